The van der Waals surface area contributed by atoms with Gasteiger partial charge in [-0.1, -0.05) is 51.1 Å². The largest absolute Gasteiger partial charge is 0.317 e. The maximum atomic E-state index is 12.4. The van der Waals surface area contributed by atoms with Crippen LogP contribution < -0.4 is 5.32 Å². The highest BCUT2D eigenvalue weighted by Gasteiger charge is 2.28. The fourth-order valence-corrected chi connectivity index (χ4v) is 5.32. The van der Waals surface area contributed by atoms with Crippen molar-refractivity contribution in [3.05, 3.63) is 51.9 Å². The van der Waals surface area contributed by atoms with E-state index in [1.807, 2.05) is 30.3 Å². The molecule has 4 heteroatoms. The zero-order valence-electron chi connectivity index (χ0n) is 16.5. The summed E-state index contributed by atoms with van der Waals surface area (Å²) < 4.78 is 0. The normalized spacial score (nSPS) is 16.4. The van der Waals surface area contributed by atoms with E-state index in [1.54, 1.807) is 11.3 Å². The van der Waals surface area contributed by atoms with E-state index in [1.165, 1.54) is 16.9 Å². The van der Waals surface area contributed by atoms with Crippen LogP contribution in [0.15, 0.2) is 30.3 Å². The van der Waals surface area contributed by atoms with E-state index in [-0.39, 0.29) is 5.91 Å². The van der Waals surface area contributed by atoms with Gasteiger partial charge in [0.1, 0.15) is 11.1 Å². The molecule has 0 radical (unpaired) electrons. The lowest BCUT2D eigenvalue weighted by Gasteiger charge is -2.28. The first kappa shape index (κ1) is 19.6. The minimum absolute atomic E-state index is 0.0137. The minimum atomic E-state index is -0.0137. The van der Waals surface area contributed by atoms with Crippen LogP contribution in [0, 0.1) is 22.7 Å². The molecule has 0 spiro atoms. The van der Waals surface area contributed by atoms with Gasteiger partial charge in [0.05, 0.1) is 5.56 Å². The molecule has 0 bridgehead atoms. The molecule has 1 aromatic heterocycles. The van der Waals surface area contributed by atoms with Crippen molar-refractivity contribution in [2.24, 2.45) is 11.3 Å². The fourth-order valence-electron chi connectivity index (χ4n) is 3.99. The van der Waals surface area contributed by atoms with Gasteiger partial charge in [0.2, 0.25) is 5.91 Å². The van der Waals surface area contributed by atoms with Gasteiger partial charge in [-0.2, -0.15) is 5.26 Å². The third-order valence-electron chi connectivity index (χ3n) is 5.12. The second-order valence-corrected chi connectivity index (χ2v) is 9.83. The molecule has 1 aliphatic carbocycles. The van der Waals surface area contributed by atoms with Gasteiger partial charge in [-0.25, -0.2) is 0 Å². The lowest BCUT2D eigenvalue weighted by atomic mass is 9.77. The van der Waals surface area contributed by atoms with E-state index in [9.17, 15) is 10.1 Å². The zero-order chi connectivity index (χ0) is 19.4. The molecule has 0 saturated heterocycles. The lowest BCUT2D eigenvalue weighted by Crippen LogP contribution is -2.19. The summed E-state index contributed by atoms with van der Waals surface area (Å²) in [6.45, 7) is 6.86. The Balaban J connectivity index is 1.66. The lowest BCUT2D eigenvalue weighted by molar-refractivity contribution is -0.116. The van der Waals surface area contributed by atoms with Crippen molar-refractivity contribution in [3.63, 3.8) is 0 Å². The van der Waals surface area contributed by atoms with Gasteiger partial charge in [-0.3, -0.25) is 4.79 Å². The molecule has 1 N–H and O–H groups in total. The molecule has 3 nitrogen and oxygen atoms in total. The third-order valence-corrected chi connectivity index (χ3v) is 6.29. The highest BCUT2D eigenvalue weighted by Crippen LogP contribution is 2.42. The molecule has 1 unspecified atom stereocenters. The number of nitrogens with zero attached hydrogens (tertiary/aromatic N) is 1. The van der Waals surface area contributed by atoms with Crippen molar-refractivity contribution in [3.8, 4) is 6.07 Å². The van der Waals surface area contributed by atoms with Crippen LogP contribution in [-0.2, 0) is 24.1 Å². The number of carbonyl (C=O) groups excluding carboxylic acids is 1. The Morgan fingerprint density at radius 2 is 2.04 bits per heavy atom. The number of fused-ring (bicyclic) bond motifs is 1. The summed E-state index contributed by atoms with van der Waals surface area (Å²) >= 11 is 1.61. The minimum Gasteiger partial charge on any atom is -0.317 e. The fraction of sp³-hybridized carbons (Fsp3) is 0.478. The first-order chi connectivity index (χ1) is 12.9. The Hall–Kier alpha value is -2.12. The van der Waals surface area contributed by atoms with Crippen LogP contribution in [0.4, 0.5) is 5.00 Å². The number of amides is 1. The summed E-state index contributed by atoms with van der Waals surface area (Å²) in [4.78, 5) is 13.7. The molecule has 1 aromatic carbocycles. The highest BCUT2D eigenvalue weighted by atomic mass is 32.1. The molecule has 27 heavy (non-hydrogen) atoms. The van der Waals surface area contributed by atoms with Crippen LogP contribution in [0.25, 0.3) is 0 Å². The van der Waals surface area contributed by atoms with Gasteiger partial charge >= 0.3 is 0 Å². The van der Waals surface area contributed by atoms with Crippen molar-refractivity contribution < 1.29 is 4.79 Å². The summed E-state index contributed by atoms with van der Waals surface area (Å²) in [5.74, 6) is 0.657. The molecule has 1 amide bonds. The molecule has 1 aliphatic rings. The van der Waals surface area contributed by atoms with Crippen molar-refractivity contribution in [2.75, 3.05) is 5.32 Å². The molecular weight excluding hydrogens is 352 g/mol. The molecule has 3 rings (SSSR count). The molecule has 2 aromatic rings. The molecule has 1 heterocycles. The van der Waals surface area contributed by atoms with E-state index in [0.717, 1.165) is 29.8 Å². The third kappa shape index (κ3) is 5.20. The van der Waals surface area contributed by atoms with Crippen LogP contribution >= 0.6 is 11.3 Å². The Labute approximate surface area is 166 Å². The molecule has 1 atom stereocenters. The zero-order valence-corrected chi connectivity index (χ0v) is 17.3. The van der Waals surface area contributed by atoms with Crippen LogP contribution in [-0.4, -0.2) is 5.91 Å². The second-order valence-electron chi connectivity index (χ2n) is 8.73. The van der Waals surface area contributed by atoms with Gasteiger partial charge in [0, 0.05) is 11.3 Å². The van der Waals surface area contributed by atoms with E-state index in [2.05, 4.69) is 32.2 Å². The number of benzene rings is 1. The van der Waals surface area contributed by atoms with Gasteiger partial charge in [0.15, 0.2) is 0 Å². The number of rotatable bonds is 5. The number of hydrogen-bond acceptors (Lipinski definition) is 3. The van der Waals surface area contributed by atoms with Gasteiger partial charge < -0.3 is 5.32 Å². The number of carbonyl (C=O) groups is 1. The Bertz CT molecular complexity index is 840. The average molecular weight is 381 g/mol. The van der Waals surface area contributed by atoms with Gasteiger partial charge in [-0.05, 0) is 54.6 Å². The molecule has 0 aliphatic heterocycles. The number of thiophene rings is 1. The van der Waals surface area contributed by atoms with E-state index in [0.29, 0.717) is 29.7 Å². The van der Waals surface area contributed by atoms with Crippen LogP contribution in [0.3, 0.4) is 0 Å². The Morgan fingerprint density at radius 1 is 1.30 bits per heavy atom. The number of hydrogen-bond donors (Lipinski definition) is 1. The molecule has 0 fully saturated rings. The Morgan fingerprint density at radius 3 is 2.70 bits per heavy atom. The first-order valence-electron chi connectivity index (χ1n) is 9.74. The van der Waals surface area contributed by atoms with E-state index < -0.39 is 0 Å². The van der Waals surface area contributed by atoms with E-state index in [4.69, 9.17) is 0 Å². The van der Waals surface area contributed by atoms with Crippen LogP contribution in [0.5, 0.6) is 0 Å². The van der Waals surface area contributed by atoms with Gasteiger partial charge in [0.25, 0.3) is 0 Å². The summed E-state index contributed by atoms with van der Waals surface area (Å²) in [5, 5.41) is 13.4. The van der Waals surface area contributed by atoms with Crippen molar-refractivity contribution >= 4 is 22.2 Å². The number of aryl methyl sites for hydroxylation is 1. The topological polar surface area (TPSA) is 52.9 Å². The summed E-state index contributed by atoms with van der Waals surface area (Å²) in [6, 6.07) is 12.4. The van der Waals surface area contributed by atoms with E-state index >= 15 is 0 Å². The van der Waals surface area contributed by atoms with Crippen LogP contribution in [0.1, 0.15) is 61.6 Å². The number of nitrogens with one attached hydrogen (secondary N) is 1. The monoisotopic (exact) mass is 380 g/mol. The number of anilines is 1. The first-order valence-corrected chi connectivity index (χ1v) is 10.6. The van der Waals surface area contributed by atoms with Crippen molar-refractivity contribution in [1.82, 2.24) is 0 Å². The van der Waals surface area contributed by atoms with Crippen molar-refractivity contribution in [1.29, 1.82) is 5.26 Å². The Kier molecular flexibility index (Phi) is 6.01. The molecule has 142 valence electrons. The average Bonchev–Trinajstić information content (AvgIpc) is 2.95. The highest BCUT2D eigenvalue weighted by molar-refractivity contribution is 7.16. The van der Waals surface area contributed by atoms with Crippen LogP contribution in [0.2, 0.25) is 0 Å². The second kappa shape index (κ2) is 8.27. The smallest absolute Gasteiger partial charge is 0.225 e. The molecular formula is C23H28N2OS. The maximum absolute atomic E-state index is 12.4. The summed E-state index contributed by atoms with van der Waals surface area (Å²) in [6.07, 6.45) is 5.47. The number of nitriles is 1. The predicted octanol–water partition coefficient (Wildman–Crippen LogP) is 5.73. The summed E-state index contributed by atoms with van der Waals surface area (Å²) in [7, 11) is 0. The van der Waals surface area contributed by atoms with Gasteiger partial charge in [-0.15, -0.1) is 11.3 Å². The summed E-state index contributed by atoms with van der Waals surface area (Å²) in [5.41, 5.74) is 3.35. The maximum Gasteiger partial charge on any atom is 0.225 e. The SMILES string of the molecule is CC(C)(C)CC1CCc2c(sc(NC(=O)CCc3ccccc3)c2C#N)C1. The quantitative estimate of drug-likeness (QED) is 0.720. The predicted molar refractivity (Wildman–Crippen MR) is 112 cm³/mol. The standard InChI is InChI=1S/C23H28N2OS/c1-23(2,3)14-17-9-11-18-19(15-24)22(27-20(18)13-17)25-21(26)12-10-16-7-5-4-6-8-16/h4-8,17H,9-14H2,1-3H3,(H,25,26). The van der Waals surface area contributed by atoms with Crippen molar-refractivity contribution in [2.45, 2.75) is 59.3 Å². The molecule has 0 saturated carbocycles.